The highest BCUT2D eigenvalue weighted by Gasteiger charge is 2.22. The van der Waals surface area contributed by atoms with Crippen molar-refractivity contribution in [2.45, 2.75) is 12.8 Å². The lowest BCUT2D eigenvalue weighted by molar-refractivity contribution is 0.0947. The molecule has 0 saturated heterocycles. The van der Waals surface area contributed by atoms with Gasteiger partial charge in [-0.15, -0.1) is 0 Å². The summed E-state index contributed by atoms with van der Waals surface area (Å²) < 4.78 is 40.0. The van der Waals surface area contributed by atoms with Crippen molar-refractivity contribution in [3.8, 4) is 5.75 Å². The van der Waals surface area contributed by atoms with Crippen LogP contribution in [0.5, 0.6) is 5.75 Å². The van der Waals surface area contributed by atoms with Crippen molar-refractivity contribution >= 4 is 28.5 Å². The molecule has 100 valence electrons. The number of hydrogen-bond donors (Lipinski definition) is 2. The van der Waals surface area contributed by atoms with Gasteiger partial charge in [0.1, 0.15) is 0 Å². The molecule has 0 fully saturated rings. The van der Waals surface area contributed by atoms with Gasteiger partial charge in [-0.2, -0.15) is 4.39 Å². The molecule has 0 aliphatic carbocycles. The van der Waals surface area contributed by atoms with Gasteiger partial charge in [0, 0.05) is 6.54 Å². The third-order valence-corrected chi connectivity index (χ3v) is 2.99. The third-order valence-electron chi connectivity index (χ3n) is 2.22. The lowest BCUT2D eigenvalue weighted by Gasteiger charge is -2.07. The fourth-order valence-electron chi connectivity index (χ4n) is 1.27. The van der Waals surface area contributed by atoms with E-state index in [1.807, 2.05) is 0 Å². The molecule has 0 bridgehead atoms. The fraction of sp³-hybridized carbons (Fsp3) is 0.364. The molecule has 0 aliphatic heterocycles. The number of nitrogens with one attached hydrogen (secondary N) is 1. The Morgan fingerprint density at radius 1 is 1.28 bits per heavy atom. The number of carbonyl (C=O) groups excluding carboxylic acids is 1. The van der Waals surface area contributed by atoms with Gasteiger partial charge in [0.05, 0.1) is 5.56 Å². The molecule has 0 unspecified atom stereocenters. The molecule has 0 atom stereocenters. The van der Waals surface area contributed by atoms with Gasteiger partial charge >= 0.3 is 0 Å². The van der Waals surface area contributed by atoms with E-state index in [-0.39, 0.29) is 0 Å². The smallest absolute Gasteiger partial charge is 0.254 e. The monoisotopic (exact) mass is 373 g/mol. The standard InChI is InChI=1S/C11H11F3INO2/c12-7-5-6(8(13)10(17)9(7)14)11(18)16-4-2-1-3-15/h5,17H,1-4H2,(H,16,18). The van der Waals surface area contributed by atoms with Gasteiger partial charge in [-0.1, -0.05) is 22.6 Å². The van der Waals surface area contributed by atoms with E-state index in [1.165, 1.54) is 0 Å². The van der Waals surface area contributed by atoms with E-state index in [9.17, 15) is 18.0 Å². The molecule has 3 nitrogen and oxygen atoms in total. The van der Waals surface area contributed by atoms with Crippen LogP contribution in [0.2, 0.25) is 0 Å². The minimum absolute atomic E-state index is 0.307. The van der Waals surface area contributed by atoms with Crippen LogP contribution in [-0.2, 0) is 0 Å². The normalized spacial score (nSPS) is 10.4. The van der Waals surface area contributed by atoms with Gasteiger partial charge in [0.2, 0.25) is 5.82 Å². The first-order valence-corrected chi connectivity index (χ1v) is 6.72. The predicted molar refractivity (Wildman–Crippen MR) is 68.4 cm³/mol. The van der Waals surface area contributed by atoms with Gasteiger partial charge in [-0.3, -0.25) is 4.79 Å². The zero-order valence-corrected chi connectivity index (χ0v) is 11.4. The number of phenolic OH excluding ortho intramolecular Hbond substituents is 1. The Morgan fingerprint density at radius 2 is 1.94 bits per heavy atom. The second-order valence-electron chi connectivity index (χ2n) is 3.53. The first-order valence-electron chi connectivity index (χ1n) is 5.19. The van der Waals surface area contributed by atoms with Crippen molar-refractivity contribution in [1.82, 2.24) is 5.32 Å². The molecule has 7 heteroatoms. The summed E-state index contributed by atoms with van der Waals surface area (Å²) in [5.74, 6) is -6.98. The van der Waals surface area contributed by atoms with Crippen molar-refractivity contribution in [3.63, 3.8) is 0 Å². The number of alkyl halides is 1. The summed E-state index contributed by atoms with van der Waals surface area (Å²) in [5.41, 5.74) is -0.708. The molecule has 0 heterocycles. The van der Waals surface area contributed by atoms with Crippen LogP contribution in [-0.4, -0.2) is 22.0 Å². The summed E-state index contributed by atoms with van der Waals surface area (Å²) in [6, 6.07) is 0.429. The molecule has 0 spiro atoms. The van der Waals surface area contributed by atoms with E-state index in [0.717, 1.165) is 10.8 Å². The Balaban J connectivity index is 2.80. The Kier molecular flexibility index (Phi) is 5.70. The molecule has 2 N–H and O–H groups in total. The van der Waals surface area contributed by atoms with Crippen LogP contribution in [0.4, 0.5) is 13.2 Å². The molecular weight excluding hydrogens is 362 g/mol. The van der Waals surface area contributed by atoms with Gasteiger partial charge in [-0.25, -0.2) is 8.78 Å². The van der Waals surface area contributed by atoms with Crippen LogP contribution in [0.25, 0.3) is 0 Å². The first kappa shape index (κ1) is 15.1. The molecule has 1 amide bonds. The van der Waals surface area contributed by atoms with E-state index < -0.39 is 34.7 Å². The molecule has 0 aromatic heterocycles. The summed E-state index contributed by atoms with van der Waals surface area (Å²) >= 11 is 2.18. The van der Waals surface area contributed by atoms with E-state index >= 15 is 0 Å². The number of unbranched alkanes of at least 4 members (excludes halogenated alkanes) is 1. The lowest BCUT2D eigenvalue weighted by atomic mass is 10.1. The zero-order valence-electron chi connectivity index (χ0n) is 9.27. The largest absolute Gasteiger partial charge is 0.503 e. The molecule has 0 aliphatic rings. The highest BCUT2D eigenvalue weighted by molar-refractivity contribution is 14.1. The molecule has 1 rings (SSSR count). The average molecular weight is 373 g/mol. The Morgan fingerprint density at radius 3 is 2.56 bits per heavy atom. The van der Waals surface area contributed by atoms with Gasteiger partial charge in [-0.05, 0) is 23.3 Å². The van der Waals surface area contributed by atoms with Crippen LogP contribution < -0.4 is 5.32 Å². The summed E-state index contributed by atoms with van der Waals surface area (Å²) in [6.07, 6.45) is 1.58. The van der Waals surface area contributed by atoms with Gasteiger partial charge < -0.3 is 10.4 Å². The minimum Gasteiger partial charge on any atom is -0.503 e. The summed E-state index contributed by atoms with van der Waals surface area (Å²) in [6.45, 7) is 0.307. The minimum atomic E-state index is -1.70. The number of benzene rings is 1. The van der Waals surface area contributed by atoms with Crippen molar-refractivity contribution < 1.29 is 23.1 Å². The SMILES string of the molecule is O=C(NCCCCI)c1cc(F)c(F)c(O)c1F. The Bertz CT molecular complexity index is 454. The zero-order chi connectivity index (χ0) is 13.7. The molecule has 18 heavy (non-hydrogen) atoms. The fourth-order valence-corrected chi connectivity index (χ4v) is 1.81. The topological polar surface area (TPSA) is 49.3 Å². The number of rotatable bonds is 5. The maximum Gasteiger partial charge on any atom is 0.254 e. The number of aromatic hydroxyl groups is 1. The van der Waals surface area contributed by atoms with E-state index in [2.05, 4.69) is 27.9 Å². The van der Waals surface area contributed by atoms with Crippen molar-refractivity contribution in [3.05, 3.63) is 29.1 Å². The van der Waals surface area contributed by atoms with E-state index in [0.29, 0.717) is 19.0 Å². The molecular formula is C11H11F3INO2. The number of amides is 1. The van der Waals surface area contributed by atoms with Crippen molar-refractivity contribution in [2.24, 2.45) is 0 Å². The summed E-state index contributed by atoms with van der Waals surface area (Å²) in [4.78, 5) is 11.5. The van der Waals surface area contributed by atoms with Gasteiger partial charge in [0.25, 0.3) is 5.91 Å². The number of carbonyl (C=O) groups is 1. The molecule has 1 aromatic carbocycles. The predicted octanol–water partition coefficient (Wildman–Crippen LogP) is 2.75. The number of phenols is 1. The summed E-state index contributed by atoms with van der Waals surface area (Å²) in [7, 11) is 0. The highest BCUT2D eigenvalue weighted by Crippen LogP contribution is 2.25. The third kappa shape index (κ3) is 3.50. The average Bonchev–Trinajstić information content (AvgIpc) is 2.36. The number of halogens is 4. The molecule has 0 saturated carbocycles. The Labute approximate surface area is 116 Å². The second kappa shape index (κ2) is 6.81. The van der Waals surface area contributed by atoms with E-state index in [4.69, 9.17) is 5.11 Å². The van der Waals surface area contributed by atoms with Crippen LogP contribution in [0, 0.1) is 17.5 Å². The number of hydrogen-bond acceptors (Lipinski definition) is 2. The van der Waals surface area contributed by atoms with Crippen LogP contribution in [0.1, 0.15) is 23.2 Å². The maximum absolute atomic E-state index is 13.3. The van der Waals surface area contributed by atoms with Crippen molar-refractivity contribution in [1.29, 1.82) is 0 Å². The quantitative estimate of drug-likeness (QED) is 0.361. The molecule has 1 aromatic rings. The molecule has 0 radical (unpaired) electrons. The lowest BCUT2D eigenvalue weighted by Crippen LogP contribution is -2.25. The van der Waals surface area contributed by atoms with E-state index in [1.54, 1.807) is 0 Å². The second-order valence-corrected chi connectivity index (χ2v) is 4.61. The van der Waals surface area contributed by atoms with Crippen LogP contribution >= 0.6 is 22.6 Å². The first-order chi connectivity index (χ1) is 8.49. The van der Waals surface area contributed by atoms with Gasteiger partial charge in [0.15, 0.2) is 17.4 Å². The van der Waals surface area contributed by atoms with Crippen LogP contribution in [0.15, 0.2) is 6.07 Å². The Hall–Kier alpha value is -0.990. The van der Waals surface area contributed by atoms with Crippen LogP contribution in [0.3, 0.4) is 0 Å². The maximum atomic E-state index is 13.3. The highest BCUT2D eigenvalue weighted by atomic mass is 127. The summed E-state index contributed by atoms with van der Waals surface area (Å²) in [5, 5.41) is 11.3. The van der Waals surface area contributed by atoms with Crippen molar-refractivity contribution in [2.75, 3.05) is 11.0 Å².